The van der Waals surface area contributed by atoms with Crippen LogP contribution in [-0.4, -0.2) is 12.2 Å². The van der Waals surface area contributed by atoms with Crippen molar-refractivity contribution in [2.75, 3.05) is 7.11 Å². The highest BCUT2D eigenvalue weighted by atomic mass is 16.5. The zero-order valence-electron chi connectivity index (χ0n) is 8.15. The molecule has 0 spiro atoms. The largest absolute Gasteiger partial charge is 0.493 e. The highest BCUT2D eigenvalue weighted by Gasteiger charge is 2.09. The Hall–Kier alpha value is -1.48. The van der Waals surface area contributed by atoms with Crippen LogP contribution in [0.5, 0.6) is 5.75 Å². The average molecular weight is 192 g/mol. The summed E-state index contributed by atoms with van der Waals surface area (Å²) in [6.45, 7) is 1.72. The number of rotatable bonds is 2. The maximum absolute atomic E-state index is 9.45. The SMILES string of the molecule is COc1cc(C(C)O)cc2ccoc12. The van der Waals surface area contributed by atoms with E-state index in [0.717, 1.165) is 16.5 Å². The summed E-state index contributed by atoms with van der Waals surface area (Å²) in [5.41, 5.74) is 1.55. The molecule has 0 radical (unpaired) electrons. The van der Waals surface area contributed by atoms with Crippen molar-refractivity contribution >= 4 is 11.0 Å². The molecule has 1 atom stereocenters. The van der Waals surface area contributed by atoms with E-state index in [0.29, 0.717) is 5.75 Å². The Morgan fingerprint density at radius 2 is 2.21 bits per heavy atom. The van der Waals surface area contributed by atoms with Gasteiger partial charge in [0.25, 0.3) is 0 Å². The lowest BCUT2D eigenvalue weighted by Crippen LogP contribution is -1.92. The minimum Gasteiger partial charge on any atom is -0.493 e. The molecule has 0 saturated carbocycles. The Morgan fingerprint density at radius 1 is 1.43 bits per heavy atom. The molecule has 2 rings (SSSR count). The molecule has 0 aliphatic rings. The number of ether oxygens (including phenoxy) is 1. The van der Waals surface area contributed by atoms with Crippen LogP contribution in [0.1, 0.15) is 18.6 Å². The molecule has 0 aliphatic carbocycles. The Morgan fingerprint density at radius 3 is 2.86 bits per heavy atom. The van der Waals surface area contributed by atoms with Crippen molar-refractivity contribution < 1.29 is 14.3 Å². The fraction of sp³-hybridized carbons (Fsp3) is 0.273. The highest BCUT2D eigenvalue weighted by molar-refractivity contribution is 5.84. The number of benzene rings is 1. The van der Waals surface area contributed by atoms with E-state index in [1.165, 1.54) is 0 Å². The third-order valence-electron chi connectivity index (χ3n) is 2.24. The van der Waals surface area contributed by atoms with Crippen molar-refractivity contribution in [1.82, 2.24) is 0 Å². The molecule has 1 heterocycles. The monoisotopic (exact) mass is 192 g/mol. The minimum absolute atomic E-state index is 0.497. The van der Waals surface area contributed by atoms with Gasteiger partial charge in [0.2, 0.25) is 0 Å². The van der Waals surface area contributed by atoms with E-state index in [1.54, 1.807) is 26.4 Å². The Kier molecular flexibility index (Phi) is 2.17. The topological polar surface area (TPSA) is 42.6 Å². The van der Waals surface area contributed by atoms with Gasteiger partial charge in [0, 0.05) is 5.39 Å². The third kappa shape index (κ3) is 1.36. The summed E-state index contributed by atoms with van der Waals surface area (Å²) in [5, 5.41) is 10.4. The summed E-state index contributed by atoms with van der Waals surface area (Å²) in [4.78, 5) is 0. The van der Waals surface area contributed by atoms with Gasteiger partial charge in [-0.2, -0.15) is 0 Å². The van der Waals surface area contributed by atoms with Crippen LogP contribution in [0.2, 0.25) is 0 Å². The first kappa shape index (κ1) is 9.09. The first-order valence-electron chi connectivity index (χ1n) is 4.45. The van der Waals surface area contributed by atoms with Crippen LogP contribution in [-0.2, 0) is 0 Å². The lowest BCUT2D eigenvalue weighted by molar-refractivity contribution is 0.199. The van der Waals surface area contributed by atoms with Gasteiger partial charge >= 0.3 is 0 Å². The van der Waals surface area contributed by atoms with Gasteiger partial charge < -0.3 is 14.3 Å². The summed E-state index contributed by atoms with van der Waals surface area (Å²) in [6.07, 6.45) is 1.11. The lowest BCUT2D eigenvalue weighted by Gasteiger charge is -2.07. The van der Waals surface area contributed by atoms with Crippen LogP contribution in [0.3, 0.4) is 0 Å². The molecule has 1 aromatic carbocycles. The first-order chi connectivity index (χ1) is 6.72. The number of methoxy groups -OCH3 is 1. The maximum atomic E-state index is 9.45. The van der Waals surface area contributed by atoms with E-state index in [9.17, 15) is 5.11 Å². The quantitative estimate of drug-likeness (QED) is 0.794. The van der Waals surface area contributed by atoms with Gasteiger partial charge in [-0.3, -0.25) is 0 Å². The van der Waals surface area contributed by atoms with Crippen LogP contribution in [0.4, 0.5) is 0 Å². The number of hydrogen-bond donors (Lipinski definition) is 1. The van der Waals surface area contributed by atoms with Crippen LogP contribution < -0.4 is 4.74 Å². The summed E-state index contributed by atoms with van der Waals surface area (Å²) in [6, 6.07) is 5.53. The second-order valence-electron chi connectivity index (χ2n) is 3.24. The second-order valence-corrected chi connectivity index (χ2v) is 3.24. The predicted octanol–water partition coefficient (Wildman–Crippen LogP) is 2.49. The fourth-order valence-electron chi connectivity index (χ4n) is 1.46. The zero-order valence-corrected chi connectivity index (χ0v) is 8.15. The molecule has 1 unspecified atom stereocenters. The Bertz CT molecular complexity index is 443. The standard InChI is InChI=1S/C11H12O3/c1-7(12)9-5-8-3-4-14-11(8)10(6-9)13-2/h3-7,12H,1-2H3. The summed E-state index contributed by atoms with van der Waals surface area (Å²) >= 11 is 0. The molecule has 0 bridgehead atoms. The molecule has 0 saturated heterocycles. The van der Waals surface area contributed by atoms with E-state index < -0.39 is 6.10 Å². The Balaban J connectivity index is 2.67. The second kappa shape index (κ2) is 3.35. The van der Waals surface area contributed by atoms with Crippen molar-refractivity contribution in [2.24, 2.45) is 0 Å². The highest BCUT2D eigenvalue weighted by Crippen LogP contribution is 2.30. The van der Waals surface area contributed by atoms with Crippen molar-refractivity contribution in [1.29, 1.82) is 0 Å². The summed E-state index contributed by atoms with van der Waals surface area (Å²) in [5.74, 6) is 0.656. The van der Waals surface area contributed by atoms with E-state index >= 15 is 0 Å². The van der Waals surface area contributed by atoms with E-state index in [-0.39, 0.29) is 0 Å². The van der Waals surface area contributed by atoms with E-state index in [4.69, 9.17) is 9.15 Å². The molecule has 2 aromatic rings. The molecule has 1 aromatic heterocycles. The number of furan rings is 1. The first-order valence-corrected chi connectivity index (χ1v) is 4.45. The predicted molar refractivity (Wildman–Crippen MR) is 53.4 cm³/mol. The molecule has 74 valence electrons. The maximum Gasteiger partial charge on any atom is 0.175 e. The van der Waals surface area contributed by atoms with Crippen molar-refractivity contribution in [3.63, 3.8) is 0 Å². The molecule has 0 fully saturated rings. The van der Waals surface area contributed by atoms with Crippen LogP contribution in [0.15, 0.2) is 28.9 Å². The lowest BCUT2D eigenvalue weighted by atomic mass is 10.1. The number of fused-ring (bicyclic) bond motifs is 1. The van der Waals surface area contributed by atoms with Gasteiger partial charge in [-0.25, -0.2) is 0 Å². The van der Waals surface area contributed by atoms with Crippen molar-refractivity contribution in [3.8, 4) is 5.75 Å². The van der Waals surface area contributed by atoms with Gasteiger partial charge in [-0.1, -0.05) is 0 Å². The summed E-state index contributed by atoms with van der Waals surface area (Å²) < 4.78 is 10.4. The molecule has 0 amide bonds. The molecular weight excluding hydrogens is 180 g/mol. The average Bonchev–Trinajstić information content (AvgIpc) is 2.63. The molecule has 3 nitrogen and oxygen atoms in total. The third-order valence-corrected chi connectivity index (χ3v) is 2.24. The molecule has 14 heavy (non-hydrogen) atoms. The van der Waals surface area contributed by atoms with Gasteiger partial charge in [0.1, 0.15) is 0 Å². The van der Waals surface area contributed by atoms with E-state index in [2.05, 4.69) is 0 Å². The number of aliphatic hydroxyl groups excluding tert-OH is 1. The van der Waals surface area contributed by atoms with Gasteiger partial charge in [-0.15, -0.1) is 0 Å². The molecule has 3 heteroatoms. The molecule has 1 N–H and O–H groups in total. The smallest absolute Gasteiger partial charge is 0.175 e. The van der Waals surface area contributed by atoms with Gasteiger partial charge in [0.15, 0.2) is 11.3 Å². The number of hydrogen-bond acceptors (Lipinski definition) is 3. The van der Waals surface area contributed by atoms with Crippen molar-refractivity contribution in [2.45, 2.75) is 13.0 Å². The van der Waals surface area contributed by atoms with Crippen LogP contribution in [0.25, 0.3) is 11.0 Å². The minimum atomic E-state index is -0.497. The van der Waals surface area contributed by atoms with Crippen molar-refractivity contribution in [3.05, 3.63) is 30.0 Å². The molecular formula is C11H12O3. The van der Waals surface area contributed by atoms with Crippen LogP contribution >= 0.6 is 0 Å². The summed E-state index contributed by atoms with van der Waals surface area (Å²) in [7, 11) is 1.59. The fourth-order valence-corrected chi connectivity index (χ4v) is 1.46. The van der Waals surface area contributed by atoms with E-state index in [1.807, 2.05) is 12.1 Å². The van der Waals surface area contributed by atoms with Gasteiger partial charge in [0.05, 0.1) is 19.5 Å². The normalized spacial score (nSPS) is 13.1. The van der Waals surface area contributed by atoms with Crippen LogP contribution in [0, 0.1) is 0 Å². The van der Waals surface area contributed by atoms with Gasteiger partial charge in [-0.05, 0) is 30.7 Å². The zero-order chi connectivity index (χ0) is 10.1. The number of aliphatic hydroxyl groups is 1. The molecule has 0 aliphatic heterocycles. The Labute approximate surface area is 81.9 Å².